The molecule has 0 spiro atoms. The van der Waals surface area contributed by atoms with E-state index in [0.717, 1.165) is 0 Å². The molecule has 2 N–H and O–H groups in total. The number of amides is 1. The molecule has 0 fully saturated rings. The fraction of sp³-hybridized carbons (Fsp3) is 0.263. The summed E-state index contributed by atoms with van der Waals surface area (Å²) in [6, 6.07) is 9.06. The van der Waals surface area contributed by atoms with Crippen LogP contribution >= 0.6 is 0 Å². The van der Waals surface area contributed by atoms with Gasteiger partial charge in [0.25, 0.3) is 11.6 Å². The lowest BCUT2D eigenvalue weighted by atomic mass is 10.0. The average molecular weight is 353 g/mol. The van der Waals surface area contributed by atoms with Crippen LogP contribution in [0.25, 0.3) is 11.1 Å². The molecule has 7 nitrogen and oxygen atoms in total. The van der Waals surface area contributed by atoms with Crippen LogP contribution in [0.3, 0.4) is 0 Å². The van der Waals surface area contributed by atoms with Crippen molar-refractivity contribution in [3.05, 3.63) is 58.9 Å². The van der Waals surface area contributed by atoms with E-state index in [1.807, 2.05) is 13.8 Å². The molecule has 3 rings (SSSR count). The van der Waals surface area contributed by atoms with Gasteiger partial charge in [0.05, 0.1) is 16.6 Å². The first-order chi connectivity index (χ1) is 12.4. The Morgan fingerprint density at radius 1 is 1.19 bits per heavy atom. The third-order valence-electron chi connectivity index (χ3n) is 4.13. The number of aromatic nitrogens is 2. The van der Waals surface area contributed by atoms with Crippen molar-refractivity contribution in [3.8, 4) is 0 Å². The minimum atomic E-state index is -1.16. The zero-order valence-electron chi connectivity index (χ0n) is 14.7. The number of carbonyl (C=O) groups excluding carboxylic acids is 1. The molecule has 1 atom stereocenters. The molecule has 0 saturated carbocycles. The van der Waals surface area contributed by atoms with Gasteiger partial charge in [0.2, 0.25) is 0 Å². The van der Waals surface area contributed by atoms with Gasteiger partial charge in [0.15, 0.2) is 6.04 Å². The minimum absolute atomic E-state index is 0.0701. The number of benzene rings is 1. The van der Waals surface area contributed by atoms with Crippen molar-refractivity contribution in [1.82, 2.24) is 15.5 Å². The third-order valence-corrected chi connectivity index (χ3v) is 4.13. The maximum absolute atomic E-state index is 12.9. The number of nitrogens with one attached hydrogen (secondary N) is 1. The lowest BCUT2D eigenvalue weighted by molar-refractivity contribution is -0.139. The monoisotopic (exact) mass is 353 g/mol. The molecule has 1 aromatic carbocycles. The summed E-state index contributed by atoms with van der Waals surface area (Å²) in [7, 11) is 0. The molecular formula is C19H19N3O4. The van der Waals surface area contributed by atoms with Crippen molar-refractivity contribution in [2.45, 2.75) is 32.7 Å². The lowest BCUT2D eigenvalue weighted by Crippen LogP contribution is -2.34. The van der Waals surface area contributed by atoms with E-state index < -0.39 is 17.9 Å². The maximum Gasteiger partial charge on any atom is 0.330 e. The van der Waals surface area contributed by atoms with Gasteiger partial charge in [-0.25, -0.2) is 9.78 Å². The van der Waals surface area contributed by atoms with E-state index in [1.54, 1.807) is 43.3 Å². The highest BCUT2D eigenvalue weighted by molar-refractivity contribution is 6.07. The van der Waals surface area contributed by atoms with E-state index in [1.165, 1.54) is 0 Å². The van der Waals surface area contributed by atoms with Crippen molar-refractivity contribution in [2.24, 2.45) is 0 Å². The summed E-state index contributed by atoms with van der Waals surface area (Å²) in [5.41, 5.74) is 2.26. The molecule has 2 heterocycles. The standard InChI is InChI=1S/C19H19N3O4/c1-10(2)14-9-13(15-11(3)22-26-18(15)20-14)17(23)21-16(19(24)25)12-7-5-4-6-8-12/h4-10,16H,1-3H3,(H,21,23)(H,24,25). The highest BCUT2D eigenvalue weighted by atomic mass is 16.5. The van der Waals surface area contributed by atoms with E-state index in [-0.39, 0.29) is 11.6 Å². The number of rotatable bonds is 5. The van der Waals surface area contributed by atoms with Crippen LogP contribution in [0.2, 0.25) is 0 Å². The smallest absolute Gasteiger partial charge is 0.330 e. The van der Waals surface area contributed by atoms with Crippen LogP contribution in [0, 0.1) is 6.92 Å². The fourth-order valence-corrected chi connectivity index (χ4v) is 2.73. The highest BCUT2D eigenvalue weighted by Crippen LogP contribution is 2.26. The molecule has 0 aliphatic heterocycles. The Morgan fingerprint density at radius 3 is 2.50 bits per heavy atom. The van der Waals surface area contributed by atoms with Crippen LogP contribution in [-0.4, -0.2) is 27.1 Å². The highest BCUT2D eigenvalue weighted by Gasteiger charge is 2.26. The second-order valence-corrected chi connectivity index (χ2v) is 6.35. The first kappa shape index (κ1) is 17.6. The summed E-state index contributed by atoms with van der Waals surface area (Å²) in [4.78, 5) is 29.0. The topological polar surface area (TPSA) is 105 Å². The van der Waals surface area contributed by atoms with Crippen LogP contribution < -0.4 is 5.32 Å². The average Bonchev–Trinajstić information content (AvgIpc) is 3.00. The number of carboxylic acid groups (broad SMARTS) is 1. The van der Waals surface area contributed by atoms with Gasteiger partial charge in [-0.05, 0) is 24.5 Å². The summed E-state index contributed by atoms with van der Waals surface area (Å²) in [5, 5.41) is 16.5. The summed E-state index contributed by atoms with van der Waals surface area (Å²) in [6.07, 6.45) is 0. The van der Waals surface area contributed by atoms with Gasteiger partial charge in [-0.1, -0.05) is 49.3 Å². The minimum Gasteiger partial charge on any atom is -0.479 e. The molecule has 1 amide bonds. The molecule has 2 aromatic heterocycles. The van der Waals surface area contributed by atoms with Gasteiger partial charge < -0.3 is 14.9 Å². The zero-order valence-corrected chi connectivity index (χ0v) is 14.7. The summed E-state index contributed by atoms with van der Waals surface area (Å²) >= 11 is 0. The zero-order chi connectivity index (χ0) is 18.8. The third kappa shape index (κ3) is 3.28. The number of pyridine rings is 1. The maximum atomic E-state index is 12.9. The molecule has 0 bridgehead atoms. The number of aliphatic carboxylic acids is 1. The van der Waals surface area contributed by atoms with Gasteiger partial charge in [-0.15, -0.1) is 0 Å². The summed E-state index contributed by atoms with van der Waals surface area (Å²) in [6.45, 7) is 5.61. The van der Waals surface area contributed by atoms with Gasteiger partial charge in [-0.3, -0.25) is 4.79 Å². The predicted molar refractivity (Wildman–Crippen MR) is 94.9 cm³/mol. The quantitative estimate of drug-likeness (QED) is 0.730. The van der Waals surface area contributed by atoms with Gasteiger partial charge in [-0.2, -0.15) is 0 Å². The normalized spacial score (nSPS) is 12.3. The van der Waals surface area contributed by atoms with Crippen molar-refractivity contribution < 1.29 is 19.2 Å². The molecule has 0 saturated heterocycles. The van der Waals surface area contributed by atoms with Crippen LogP contribution in [-0.2, 0) is 4.79 Å². The Labute approximate surface area is 150 Å². The predicted octanol–water partition coefficient (Wildman–Crippen LogP) is 3.21. The molecule has 3 aromatic rings. The Morgan fingerprint density at radius 2 is 1.88 bits per heavy atom. The Bertz CT molecular complexity index is 964. The van der Waals surface area contributed by atoms with E-state index in [4.69, 9.17) is 4.52 Å². The molecule has 26 heavy (non-hydrogen) atoms. The van der Waals surface area contributed by atoms with Crippen LogP contribution in [0.15, 0.2) is 40.9 Å². The van der Waals surface area contributed by atoms with Crippen LogP contribution in [0.5, 0.6) is 0 Å². The van der Waals surface area contributed by atoms with Gasteiger partial charge >= 0.3 is 5.97 Å². The molecule has 0 aliphatic rings. The Balaban J connectivity index is 2.03. The van der Waals surface area contributed by atoms with E-state index >= 15 is 0 Å². The number of carboxylic acids is 1. The largest absolute Gasteiger partial charge is 0.479 e. The molecular weight excluding hydrogens is 334 g/mol. The molecule has 0 radical (unpaired) electrons. The number of aryl methyl sites for hydroxylation is 1. The summed E-state index contributed by atoms with van der Waals surface area (Å²) in [5.74, 6) is -1.58. The van der Waals surface area contributed by atoms with Gasteiger partial charge in [0.1, 0.15) is 0 Å². The van der Waals surface area contributed by atoms with E-state index in [0.29, 0.717) is 27.9 Å². The summed E-state index contributed by atoms with van der Waals surface area (Å²) < 4.78 is 5.21. The molecule has 1 unspecified atom stereocenters. The molecule has 134 valence electrons. The van der Waals surface area contributed by atoms with Crippen molar-refractivity contribution >= 4 is 23.0 Å². The van der Waals surface area contributed by atoms with Gasteiger partial charge in [0, 0.05) is 5.69 Å². The first-order valence-corrected chi connectivity index (χ1v) is 8.24. The first-order valence-electron chi connectivity index (χ1n) is 8.24. The number of fused-ring (bicyclic) bond motifs is 1. The van der Waals surface area contributed by atoms with Crippen molar-refractivity contribution in [1.29, 1.82) is 0 Å². The molecule has 7 heteroatoms. The second kappa shape index (κ2) is 6.95. The number of nitrogens with zero attached hydrogens (tertiary/aromatic N) is 2. The van der Waals surface area contributed by atoms with Crippen LogP contribution in [0.1, 0.15) is 53.1 Å². The number of carbonyl (C=O) groups is 2. The Kier molecular flexibility index (Phi) is 4.71. The molecule has 0 aliphatic carbocycles. The second-order valence-electron chi connectivity index (χ2n) is 6.35. The number of hydrogen-bond acceptors (Lipinski definition) is 5. The van der Waals surface area contributed by atoms with E-state index in [2.05, 4.69) is 15.5 Å². The number of hydrogen-bond donors (Lipinski definition) is 2. The Hall–Kier alpha value is -3.22. The lowest BCUT2D eigenvalue weighted by Gasteiger charge is -2.16. The van der Waals surface area contributed by atoms with E-state index in [9.17, 15) is 14.7 Å². The fourth-order valence-electron chi connectivity index (χ4n) is 2.73. The van der Waals surface area contributed by atoms with Crippen molar-refractivity contribution in [3.63, 3.8) is 0 Å². The van der Waals surface area contributed by atoms with Crippen molar-refractivity contribution in [2.75, 3.05) is 0 Å². The van der Waals surface area contributed by atoms with Crippen LogP contribution in [0.4, 0.5) is 0 Å². The SMILES string of the molecule is Cc1noc2nc(C(C)C)cc(C(=O)NC(C(=O)O)c3ccccc3)c12.